The number of unbranched alkanes of at least 4 members (excludes halogenated alkanes) is 4. The topological polar surface area (TPSA) is 0 Å². The molecule has 0 heterocycles. The van der Waals surface area contributed by atoms with Gasteiger partial charge in [-0.3, -0.25) is 0 Å². The highest BCUT2D eigenvalue weighted by Crippen LogP contribution is 2.39. The molecule has 0 aromatic heterocycles. The smallest absolute Gasteiger partial charge is 0.166 e. The van der Waals surface area contributed by atoms with Gasteiger partial charge in [-0.25, -0.2) is 0 Å². The summed E-state index contributed by atoms with van der Waals surface area (Å²) in [5, 5.41) is 1.59. The van der Waals surface area contributed by atoms with Crippen LogP contribution in [0.25, 0.3) is 10.8 Å². The van der Waals surface area contributed by atoms with E-state index in [1.54, 1.807) is 6.07 Å². The second-order valence-electron chi connectivity index (χ2n) is 8.24. The Morgan fingerprint density at radius 1 is 0.815 bits per heavy atom. The number of alkyl halides is 3. The summed E-state index contributed by atoms with van der Waals surface area (Å²) < 4.78 is 38.6. The van der Waals surface area contributed by atoms with E-state index in [2.05, 4.69) is 13.0 Å². The van der Waals surface area contributed by atoms with Crippen LogP contribution in [0.5, 0.6) is 0 Å². The molecule has 148 valence electrons. The quantitative estimate of drug-likeness (QED) is 0.425. The number of benzene rings is 2. The normalized spacial score (nSPS) is 20.9. The highest BCUT2D eigenvalue weighted by molar-refractivity contribution is 5.84. The van der Waals surface area contributed by atoms with E-state index in [1.165, 1.54) is 81.9 Å². The lowest BCUT2D eigenvalue weighted by atomic mass is 9.76. The van der Waals surface area contributed by atoms with Crippen molar-refractivity contribution in [1.82, 2.24) is 0 Å². The van der Waals surface area contributed by atoms with Crippen molar-refractivity contribution < 1.29 is 13.2 Å². The second kappa shape index (κ2) is 9.12. The summed E-state index contributed by atoms with van der Waals surface area (Å²) in [5.74, 6) is 1.44. The number of hydrogen-bond donors (Lipinski definition) is 0. The summed E-state index contributed by atoms with van der Waals surface area (Å²) >= 11 is 0. The first-order valence-electron chi connectivity index (χ1n) is 10.6. The van der Waals surface area contributed by atoms with Crippen molar-refractivity contribution in [2.24, 2.45) is 5.92 Å². The predicted molar refractivity (Wildman–Crippen MR) is 107 cm³/mol. The van der Waals surface area contributed by atoms with Gasteiger partial charge in [0.2, 0.25) is 0 Å². The lowest BCUT2D eigenvalue weighted by Crippen LogP contribution is -2.13. The van der Waals surface area contributed by atoms with Crippen LogP contribution < -0.4 is 0 Å². The fraction of sp³-hybridized carbons (Fsp3) is 0.583. The van der Waals surface area contributed by atoms with Crippen LogP contribution in [-0.4, -0.2) is 0 Å². The molecule has 3 heteroatoms. The van der Waals surface area contributed by atoms with Gasteiger partial charge in [-0.05, 0) is 66.0 Å². The average molecular weight is 377 g/mol. The van der Waals surface area contributed by atoms with Gasteiger partial charge in [0.25, 0.3) is 0 Å². The molecule has 0 N–H and O–H groups in total. The maximum Gasteiger partial charge on any atom is 0.416 e. The van der Waals surface area contributed by atoms with E-state index in [4.69, 9.17) is 0 Å². The highest BCUT2D eigenvalue weighted by atomic mass is 19.4. The molecular weight excluding hydrogens is 345 g/mol. The van der Waals surface area contributed by atoms with Crippen LogP contribution in [0.1, 0.15) is 88.2 Å². The number of hydrogen-bond acceptors (Lipinski definition) is 0. The molecule has 27 heavy (non-hydrogen) atoms. The van der Waals surface area contributed by atoms with Crippen LogP contribution in [0, 0.1) is 5.92 Å². The van der Waals surface area contributed by atoms with Crippen molar-refractivity contribution in [3.63, 3.8) is 0 Å². The molecule has 0 saturated heterocycles. The van der Waals surface area contributed by atoms with E-state index in [9.17, 15) is 13.2 Å². The average Bonchev–Trinajstić information content (AvgIpc) is 2.67. The molecule has 0 aliphatic heterocycles. The predicted octanol–water partition coefficient (Wildman–Crippen LogP) is 8.49. The molecule has 0 spiro atoms. The molecule has 1 fully saturated rings. The van der Waals surface area contributed by atoms with Gasteiger partial charge in [0.15, 0.2) is 0 Å². The Balaban J connectivity index is 1.56. The summed E-state index contributed by atoms with van der Waals surface area (Å²) in [6.07, 6.45) is 8.89. The van der Waals surface area contributed by atoms with Crippen molar-refractivity contribution >= 4 is 10.8 Å². The molecule has 0 bridgehead atoms. The van der Waals surface area contributed by atoms with Gasteiger partial charge in [0.05, 0.1) is 5.56 Å². The fourth-order valence-corrected chi connectivity index (χ4v) is 4.52. The Labute approximate surface area is 161 Å². The molecule has 0 nitrogen and oxygen atoms in total. The zero-order valence-corrected chi connectivity index (χ0v) is 16.3. The number of fused-ring (bicyclic) bond motifs is 1. The van der Waals surface area contributed by atoms with Gasteiger partial charge in [-0.15, -0.1) is 0 Å². The van der Waals surface area contributed by atoms with Crippen molar-refractivity contribution in [3.05, 3.63) is 47.5 Å². The largest absolute Gasteiger partial charge is 0.416 e. The fourth-order valence-electron chi connectivity index (χ4n) is 4.52. The molecule has 0 atom stereocenters. The summed E-state index contributed by atoms with van der Waals surface area (Å²) in [6.45, 7) is 2.25. The summed E-state index contributed by atoms with van der Waals surface area (Å²) in [6, 6.07) is 10.1. The van der Waals surface area contributed by atoms with E-state index in [0.29, 0.717) is 11.3 Å². The molecule has 1 saturated carbocycles. The first-order valence-corrected chi connectivity index (χ1v) is 10.6. The van der Waals surface area contributed by atoms with E-state index in [-0.39, 0.29) is 0 Å². The van der Waals surface area contributed by atoms with Crippen molar-refractivity contribution in [1.29, 1.82) is 0 Å². The van der Waals surface area contributed by atoms with Crippen molar-refractivity contribution in [3.8, 4) is 0 Å². The van der Waals surface area contributed by atoms with Gasteiger partial charge in [0.1, 0.15) is 0 Å². The Kier molecular flexibility index (Phi) is 6.83. The minimum atomic E-state index is -4.28. The monoisotopic (exact) mass is 376 g/mol. The van der Waals surface area contributed by atoms with Crippen molar-refractivity contribution in [2.75, 3.05) is 0 Å². The third kappa shape index (κ3) is 5.49. The minimum absolute atomic E-state index is 0.563. The first kappa shape index (κ1) is 20.2. The third-order valence-corrected chi connectivity index (χ3v) is 6.23. The third-order valence-electron chi connectivity index (χ3n) is 6.23. The Hall–Kier alpha value is -1.51. The van der Waals surface area contributed by atoms with Crippen LogP contribution in [0.2, 0.25) is 0 Å². The van der Waals surface area contributed by atoms with Crippen LogP contribution in [0.15, 0.2) is 36.4 Å². The second-order valence-corrected chi connectivity index (χ2v) is 8.24. The van der Waals surface area contributed by atoms with E-state index >= 15 is 0 Å². The molecule has 1 aliphatic carbocycles. The molecule has 0 radical (unpaired) electrons. The first-order chi connectivity index (χ1) is 13.0. The van der Waals surface area contributed by atoms with Crippen LogP contribution in [-0.2, 0) is 6.18 Å². The Bertz CT molecular complexity index is 724. The standard InChI is InChI=1S/C24H31F3/c1-2-3-4-5-6-7-18-8-10-19(11-9-18)20-12-13-22-17-23(24(25,26)27)15-14-21(22)16-20/h12-19H,2-11H2,1H3/t18-,19-. The van der Waals surface area contributed by atoms with E-state index in [1.807, 2.05) is 12.1 Å². The summed E-state index contributed by atoms with van der Waals surface area (Å²) in [7, 11) is 0. The Morgan fingerprint density at radius 3 is 2.19 bits per heavy atom. The molecule has 2 aromatic carbocycles. The van der Waals surface area contributed by atoms with E-state index < -0.39 is 11.7 Å². The maximum absolute atomic E-state index is 12.9. The van der Waals surface area contributed by atoms with Crippen LogP contribution in [0.4, 0.5) is 13.2 Å². The van der Waals surface area contributed by atoms with Gasteiger partial charge in [-0.1, -0.05) is 69.7 Å². The zero-order valence-electron chi connectivity index (χ0n) is 16.3. The molecule has 3 rings (SSSR count). The summed E-state index contributed by atoms with van der Waals surface area (Å²) in [5.41, 5.74) is 0.728. The molecule has 1 aliphatic rings. The highest BCUT2D eigenvalue weighted by Gasteiger charge is 2.30. The maximum atomic E-state index is 12.9. The van der Waals surface area contributed by atoms with Gasteiger partial charge >= 0.3 is 6.18 Å². The van der Waals surface area contributed by atoms with Gasteiger partial charge < -0.3 is 0 Å². The number of rotatable bonds is 7. The molecule has 2 aromatic rings. The number of halogens is 3. The molecule has 0 unspecified atom stereocenters. The minimum Gasteiger partial charge on any atom is -0.166 e. The van der Waals surface area contributed by atoms with Gasteiger partial charge in [-0.2, -0.15) is 13.2 Å². The molecular formula is C24H31F3. The Morgan fingerprint density at radius 2 is 1.48 bits per heavy atom. The zero-order chi connectivity index (χ0) is 19.3. The van der Waals surface area contributed by atoms with Crippen LogP contribution >= 0.6 is 0 Å². The summed E-state index contributed by atoms with van der Waals surface area (Å²) in [4.78, 5) is 0. The SMILES string of the molecule is CCCCCCC[C@H]1CC[C@H](c2ccc3cc(C(F)(F)F)ccc3c2)CC1. The van der Waals surface area contributed by atoms with E-state index in [0.717, 1.165) is 11.3 Å². The molecule has 0 amide bonds. The lowest BCUT2D eigenvalue weighted by molar-refractivity contribution is -0.137. The van der Waals surface area contributed by atoms with Crippen molar-refractivity contribution in [2.45, 2.75) is 83.2 Å². The lowest BCUT2D eigenvalue weighted by Gasteiger charge is -2.29. The van der Waals surface area contributed by atoms with Gasteiger partial charge in [0, 0.05) is 0 Å². The van der Waals surface area contributed by atoms with Crippen LogP contribution in [0.3, 0.4) is 0 Å².